The number of pyridine rings is 3. The van der Waals surface area contributed by atoms with Crippen LogP contribution >= 0.6 is 0 Å². The number of nitrogens with zero attached hydrogens (tertiary/aromatic N) is 3. The summed E-state index contributed by atoms with van der Waals surface area (Å²) in [6, 6.07) is 31.6. The molecule has 0 saturated carbocycles. The van der Waals surface area contributed by atoms with E-state index in [9.17, 15) is 0 Å². The van der Waals surface area contributed by atoms with Gasteiger partial charge in [0, 0.05) is 56.2 Å². The van der Waals surface area contributed by atoms with Crippen LogP contribution in [0.25, 0.3) is 55.5 Å². The van der Waals surface area contributed by atoms with Gasteiger partial charge < -0.3 is 9.40 Å². The van der Waals surface area contributed by atoms with Crippen LogP contribution in [-0.2, 0) is 20.1 Å². The van der Waals surface area contributed by atoms with Crippen molar-refractivity contribution in [3.63, 3.8) is 0 Å². The standard InChI is InChI=1S/C23H15N2O.C15H16N.Ir/c1-15-4-6-16(7-5-15)17-8-11-24-21(14-17)20-13-18-9-12-26-23(18)22-19(20)3-2-10-25-22;1-10-5-6-14(7-11(10)2)15-8-12(3)13(4)9-16-15;/h2-12,14H,1H3;5,7-9H,1-4H3;/q2*-1;. The van der Waals surface area contributed by atoms with Crippen molar-refractivity contribution < 1.29 is 24.5 Å². The molecular formula is C38H31IrN3O-2. The van der Waals surface area contributed by atoms with Crippen LogP contribution in [0.2, 0.25) is 0 Å². The minimum absolute atomic E-state index is 0. The van der Waals surface area contributed by atoms with Gasteiger partial charge in [0.25, 0.3) is 0 Å². The molecule has 0 atom stereocenters. The van der Waals surface area contributed by atoms with E-state index in [0.717, 1.165) is 50.0 Å². The molecule has 0 amide bonds. The molecule has 3 aromatic carbocycles. The number of benzene rings is 3. The van der Waals surface area contributed by atoms with Gasteiger partial charge in [0.15, 0.2) is 0 Å². The molecular weight excluding hydrogens is 707 g/mol. The Bertz CT molecular complexity index is 1990. The van der Waals surface area contributed by atoms with E-state index in [1.54, 1.807) is 12.5 Å². The Morgan fingerprint density at radius 1 is 0.674 bits per heavy atom. The molecule has 0 aliphatic heterocycles. The van der Waals surface area contributed by atoms with Crippen molar-refractivity contribution in [3.05, 3.63) is 138 Å². The molecule has 7 aromatic rings. The quantitative estimate of drug-likeness (QED) is 0.170. The van der Waals surface area contributed by atoms with Crippen molar-refractivity contribution in [2.75, 3.05) is 0 Å². The van der Waals surface area contributed by atoms with Gasteiger partial charge in [0.05, 0.1) is 5.58 Å². The summed E-state index contributed by atoms with van der Waals surface area (Å²) < 4.78 is 5.61. The van der Waals surface area contributed by atoms with Crippen LogP contribution in [-0.4, -0.2) is 15.0 Å². The minimum atomic E-state index is 0. The van der Waals surface area contributed by atoms with Crippen LogP contribution in [0.3, 0.4) is 0 Å². The summed E-state index contributed by atoms with van der Waals surface area (Å²) in [4.78, 5) is 13.6. The second kappa shape index (κ2) is 12.8. The number of hydrogen-bond acceptors (Lipinski definition) is 4. The van der Waals surface area contributed by atoms with Gasteiger partial charge in [-0.2, -0.15) is 0 Å². The van der Waals surface area contributed by atoms with Gasteiger partial charge in [-0.05, 0) is 49.2 Å². The predicted molar refractivity (Wildman–Crippen MR) is 171 cm³/mol. The Morgan fingerprint density at radius 2 is 1.47 bits per heavy atom. The van der Waals surface area contributed by atoms with Crippen molar-refractivity contribution in [1.29, 1.82) is 0 Å². The molecule has 4 heterocycles. The van der Waals surface area contributed by atoms with Gasteiger partial charge in [-0.25, -0.2) is 0 Å². The first-order chi connectivity index (χ1) is 20.4. The molecule has 1 radical (unpaired) electrons. The number of furan rings is 1. The Kier molecular flexibility index (Phi) is 8.96. The number of aryl methyl sites for hydroxylation is 5. The molecule has 215 valence electrons. The minimum Gasteiger partial charge on any atom is -0.506 e. The third-order valence-electron chi connectivity index (χ3n) is 7.69. The van der Waals surface area contributed by atoms with E-state index in [4.69, 9.17) is 4.42 Å². The van der Waals surface area contributed by atoms with E-state index in [2.05, 4.69) is 104 Å². The maximum absolute atomic E-state index is 5.61. The van der Waals surface area contributed by atoms with Crippen LogP contribution in [0.15, 0.2) is 102 Å². The third-order valence-corrected chi connectivity index (χ3v) is 7.69. The second-order valence-electron chi connectivity index (χ2n) is 10.7. The molecule has 0 saturated heterocycles. The van der Waals surface area contributed by atoms with Gasteiger partial charge in [-0.3, -0.25) is 9.97 Å². The summed E-state index contributed by atoms with van der Waals surface area (Å²) >= 11 is 0. The summed E-state index contributed by atoms with van der Waals surface area (Å²) in [5.41, 5.74) is 14.1. The van der Waals surface area contributed by atoms with E-state index < -0.39 is 0 Å². The fourth-order valence-electron chi connectivity index (χ4n) is 4.87. The molecule has 43 heavy (non-hydrogen) atoms. The Morgan fingerprint density at radius 3 is 2.23 bits per heavy atom. The molecule has 4 aromatic heterocycles. The molecule has 4 nitrogen and oxygen atoms in total. The van der Waals surface area contributed by atoms with Crippen molar-refractivity contribution in [3.8, 4) is 33.6 Å². The fraction of sp³-hybridized carbons (Fsp3) is 0.132. The average molecular weight is 738 g/mol. The van der Waals surface area contributed by atoms with Gasteiger partial charge in [0.2, 0.25) is 0 Å². The molecule has 0 N–H and O–H groups in total. The molecule has 7 rings (SSSR count). The first kappa shape index (κ1) is 30.0. The van der Waals surface area contributed by atoms with Crippen LogP contribution in [0.1, 0.15) is 27.8 Å². The van der Waals surface area contributed by atoms with E-state index in [1.165, 1.54) is 33.4 Å². The molecule has 5 heteroatoms. The SMILES string of the molecule is Cc1c[c-]c(-c2cc(C)c(C)cn2)cc1C.Cc1ccc(-c2ccnc(-c3[c-]c4ccoc4c4ncccc34)c2)cc1.[Ir]. The normalized spacial score (nSPS) is 10.7. The van der Waals surface area contributed by atoms with Gasteiger partial charge in [0.1, 0.15) is 0 Å². The zero-order valence-electron chi connectivity index (χ0n) is 24.8. The van der Waals surface area contributed by atoms with E-state index >= 15 is 0 Å². The Hall–Kier alpha value is -4.44. The monoisotopic (exact) mass is 738 g/mol. The Balaban J connectivity index is 0.000000188. The molecule has 0 fully saturated rings. The maximum Gasteiger partial charge on any atom is 0.0847 e. The topological polar surface area (TPSA) is 51.8 Å². The maximum atomic E-state index is 5.61. The van der Waals surface area contributed by atoms with Gasteiger partial charge in [-0.1, -0.05) is 95.9 Å². The summed E-state index contributed by atoms with van der Waals surface area (Å²) in [7, 11) is 0. The predicted octanol–water partition coefficient (Wildman–Crippen LogP) is 9.60. The number of fused-ring (bicyclic) bond motifs is 3. The van der Waals surface area contributed by atoms with Crippen LogP contribution in [0.5, 0.6) is 0 Å². The number of rotatable bonds is 3. The second-order valence-corrected chi connectivity index (χ2v) is 10.7. The smallest absolute Gasteiger partial charge is 0.0847 e. The summed E-state index contributed by atoms with van der Waals surface area (Å²) in [6.45, 7) is 10.5. The van der Waals surface area contributed by atoms with Crippen molar-refractivity contribution in [1.82, 2.24) is 15.0 Å². The fourth-order valence-corrected chi connectivity index (χ4v) is 4.87. The van der Waals surface area contributed by atoms with Crippen molar-refractivity contribution >= 4 is 21.9 Å². The number of hydrogen-bond donors (Lipinski definition) is 0. The molecule has 0 spiro atoms. The summed E-state index contributed by atoms with van der Waals surface area (Å²) in [5, 5.41) is 1.90. The van der Waals surface area contributed by atoms with E-state index in [-0.39, 0.29) is 20.1 Å². The average Bonchev–Trinajstić information content (AvgIpc) is 3.50. The van der Waals surface area contributed by atoms with Crippen LogP contribution in [0, 0.1) is 46.8 Å². The molecule has 0 unspecified atom stereocenters. The zero-order chi connectivity index (χ0) is 29.2. The van der Waals surface area contributed by atoms with Crippen LogP contribution < -0.4 is 0 Å². The first-order valence-corrected chi connectivity index (χ1v) is 14.0. The zero-order valence-corrected chi connectivity index (χ0v) is 27.2. The molecule has 0 bridgehead atoms. The summed E-state index contributed by atoms with van der Waals surface area (Å²) in [5.74, 6) is 0. The first-order valence-electron chi connectivity index (χ1n) is 14.0. The van der Waals surface area contributed by atoms with Crippen LogP contribution in [0.4, 0.5) is 0 Å². The summed E-state index contributed by atoms with van der Waals surface area (Å²) in [6.07, 6.45) is 7.23. The van der Waals surface area contributed by atoms with Gasteiger partial charge >= 0.3 is 0 Å². The van der Waals surface area contributed by atoms with Crippen molar-refractivity contribution in [2.45, 2.75) is 34.6 Å². The van der Waals surface area contributed by atoms with E-state index in [1.807, 2.05) is 42.7 Å². The Labute approximate surface area is 266 Å². The van der Waals surface area contributed by atoms with Crippen molar-refractivity contribution in [2.24, 2.45) is 0 Å². The molecule has 0 aliphatic carbocycles. The largest absolute Gasteiger partial charge is 0.506 e. The molecule has 0 aliphatic rings. The number of aromatic nitrogens is 3. The van der Waals surface area contributed by atoms with E-state index in [0.29, 0.717) is 0 Å². The van der Waals surface area contributed by atoms with Gasteiger partial charge in [-0.15, -0.1) is 41.0 Å². The third kappa shape index (κ3) is 6.34.